The van der Waals surface area contributed by atoms with Crippen LogP contribution in [-0.2, 0) is 13.0 Å². The molecule has 0 radical (unpaired) electrons. The van der Waals surface area contributed by atoms with E-state index in [0.717, 1.165) is 17.3 Å². The van der Waals surface area contributed by atoms with Gasteiger partial charge in [0, 0.05) is 22.3 Å². The molecule has 0 fully saturated rings. The summed E-state index contributed by atoms with van der Waals surface area (Å²) in [4.78, 5) is 9.52. The Morgan fingerprint density at radius 3 is 2.84 bits per heavy atom. The van der Waals surface area contributed by atoms with Crippen LogP contribution < -0.4 is 0 Å². The lowest BCUT2D eigenvalue weighted by Gasteiger charge is -2.24. The topological polar surface area (TPSA) is 78.2 Å². The van der Waals surface area contributed by atoms with Gasteiger partial charge in [-0.15, -0.1) is 0 Å². The molecule has 0 bridgehead atoms. The number of H-pyrrole nitrogens is 1. The van der Waals surface area contributed by atoms with Gasteiger partial charge in [0.2, 0.25) is 5.89 Å². The highest BCUT2D eigenvalue weighted by atomic mass is 35.5. The second kappa shape index (κ2) is 7.56. The van der Waals surface area contributed by atoms with Crippen LogP contribution in [0.3, 0.4) is 0 Å². The molecule has 3 aromatic rings. The lowest BCUT2D eigenvalue weighted by molar-refractivity contribution is -0.00530. The number of aromatic amines is 1. The summed E-state index contributed by atoms with van der Waals surface area (Å²) in [6.45, 7) is 7.25. The Morgan fingerprint density at radius 2 is 2.12 bits per heavy atom. The number of fused-ring (bicyclic) bond motifs is 1. The van der Waals surface area contributed by atoms with Crippen LogP contribution >= 0.6 is 11.6 Å². The quantitative estimate of drug-likeness (QED) is 0.623. The number of nitrogens with zero attached hydrogens (tertiary/aromatic N) is 3. The fourth-order valence-corrected chi connectivity index (χ4v) is 2.98. The Hall–Kier alpha value is -1.89. The molecule has 3 rings (SSSR count). The van der Waals surface area contributed by atoms with Gasteiger partial charge in [-0.3, -0.25) is 4.90 Å². The molecule has 25 heavy (non-hydrogen) atoms. The van der Waals surface area contributed by atoms with Crippen molar-refractivity contribution in [3.63, 3.8) is 0 Å². The van der Waals surface area contributed by atoms with Gasteiger partial charge in [0.25, 0.3) is 0 Å². The van der Waals surface area contributed by atoms with Gasteiger partial charge in [0.15, 0.2) is 5.82 Å². The van der Waals surface area contributed by atoms with Crippen LogP contribution in [0.2, 0.25) is 5.02 Å². The number of aliphatic hydroxyl groups is 1. The predicted octanol–water partition coefficient (Wildman–Crippen LogP) is 3.92. The van der Waals surface area contributed by atoms with Crippen molar-refractivity contribution in [3.8, 4) is 0 Å². The monoisotopic (exact) mass is 362 g/mol. The van der Waals surface area contributed by atoms with E-state index in [4.69, 9.17) is 16.1 Å². The summed E-state index contributed by atoms with van der Waals surface area (Å²) in [5.74, 6) is 1.67. The Labute approximate surface area is 151 Å². The van der Waals surface area contributed by atoms with Crippen molar-refractivity contribution in [1.82, 2.24) is 20.0 Å². The Bertz CT molecular complexity index is 843. The number of halogens is 1. The first-order chi connectivity index (χ1) is 12.0. The van der Waals surface area contributed by atoms with Crippen LogP contribution in [0.1, 0.15) is 44.4 Å². The zero-order valence-electron chi connectivity index (χ0n) is 14.7. The maximum atomic E-state index is 10.7. The molecule has 0 saturated carbocycles. The van der Waals surface area contributed by atoms with Gasteiger partial charge in [0.05, 0.1) is 12.2 Å². The van der Waals surface area contributed by atoms with Crippen LogP contribution in [0.15, 0.2) is 28.8 Å². The van der Waals surface area contributed by atoms with Crippen molar-refractivity contribution in [2.45, 2.75) is 40.0 Å². The number of benzene rings is 1. The molecule has 1 unspecified atom stereocenters. The van der Waals surface area contributed by atoms with Crippen LogP contribution in [-0.4, -0.2) is 31.7 Å². The average molecular weight is 363 g/mol. The third kappa shape index (κ3) is 4.21. The van der Waals surface area contributed by atoms with E-state index in [1.165, 1.54) is 0 Å². The van der Waals surface area contributed by atoms with Gasteiger partial charge in [-0.2, -0.15) is 4.98 Å². The van der Waals surface area contributed by atoms with Crippen molar-refractivity contribution in [3.05, 3.63) is 46.7 Å². The zero-order valence-corrected chi connectivity index (χ0v) is 15.4. The van der Waals surface area contributed by atoms with Crippen molar-refractivity contribution in [2.75, 3.05) is 6.54 Å². The second-order valence-electron chi connectivity index (χ2n) is 6.60. The first-order valence-corrected chi connectivity index (χ1v) is 8.85. The molecule has 0 aliphatic rings. The molecular formula is C18H23ClN4O2. The number of aliphatic hydroxyl groups excluding tert-OH is 1. The molecule has 0 saturated heterocycles. The van der Waals surface area contributed by atoms with E-state index in [2.05, 4.69) is 29.0 Å². The van der Waals surface area contributed by atoms with Crippen molar-refractivity contribution in [2.24, 2.45) is 5.92 Å². The first kappa shape index (κ1) is 17.9. The van der Waals surface area contributed by atoms with E-state index in [1.54, 1.807) is 0 Å². The third-order valence-electron chi connectivity index (χ3n) is 4.07. The van der Waals surface area contributed by atoms with Gasteiger partial charge in [-0.25, -0.2) is 0 Å². The van der Waals surface area contributed by atoms with Crippen LogP contribution in [0, 0.1) is 5.92 Å². The summed E-state index contributed by atoms with van der Waals surface area (Å²) in [5.41, 5.74) is 1.65. The SMILES string of the molecule is CCN(Cc1noc(CC(C)C)n1)C(O)c1cc2cc(Cl)ccc2[nH]1. The molecule has 6 nitrogen and oxygen atoms in total. The maximum absolute atomic E-state index is 10.7. The number of aromatic nitrogens is 3. The number of nitrogens with one attached hydrogen (secondary N) is 1. The summed E-state index contributed by atoms with van der Waals surface area (Å²) in [5, 5.41) is 16.4. The summed E-state index contributed by atoms with van der Waals surface area (Å²) in [7, 11) is 0. The van der Waals surface area contributed by atoms with E-state index < -0.39 is 6.23 Å². The molecule has 1 aromatic carbocycles. The van der Waals surface area contributed by atoms with E-state index >= 15 is 0 Å². The highest BCUT2D eigenvalue weighted by Crippen LogP contribution is 2.25. The molecular weight excluding hydrogens is 340 g/mol. The number of rotatable bonds is 7. The summed E-state index contributed by atoms with van der Waals surface area (Å²) >= 11 is 6.03. The predicted molar refractivity (Wildman–Crippen MR) is 97.2 cm³/mol. The minimum atomic E-state index is -0.789. The van der Waals surface area contributed by atoms with Crippen LogP contribution in [0.5, 0.6) is 0 Å². The van der Waals surface area contributed by atoms with Gasteiger partial charge in [-0.1, -0.05) is 37.5 Å². The fourth-order valence-electron chi connectivity index (χ4n) is 2.80. The molecule has 0 spiro atoms. The maximum Gasteiger partial charge on any atom is 0.226 e. The Morgan fingerprint density at radius 1 is 1.32 bits per heavy atom. The normalized spacial score (nSPS) is 13.2. The van der Waals surface area contributed by atoms with Crippen molar-refractivity contribution < 1.29 is 9.63 Å². The van der Waals surface area contributed by atoms with E-state index in [9.17, 15) is 5.11 Å². The third-order valence-corrected chi connectivity index (χ3v) is 4.31. The standard InChI is InChI=1S/C18H23ClN4O2/c1-4-23(10-16-21-17(25-22-16)7-11(2)3)18(24)15-9-12-8-13(19)5-6-14(12)20-15/h5-6,8-9,11,18,20,24H,4,7,10H2,1-3H3. The highest BCUT2D eigenvalue weighted by molar-refractivity contribution is 6.31. The van der Waals surface area contributed by atoms with Gasteiger partial charge in [-0.05, 0) is 36.7 Å². The summed E-state index contributed by atoms with van der Waals surface area (Å²) < 4.78 is 5.28. The molecule has 2 N–H and O–H groups in total. The van der Waals surface area contributed by atoms with Crippen molar-refractivity contribution >= 4 is 22.5 Å². The van der Waals surface area contributed by atoms with Crippen LogP contribution in [0.25, 0.3) is 10.9 Å². The number of hydrogen-bond donors (Lipinski definition) is 2. The zero-order chi connectivity index (χ0) is 18.0. The highest BCUT2D eigenvalue weighted by Gasteiger charge is 2.21. The van der Waals surface area contributed by atoms with Crippen LogP contribution in [0.4, 0.5) is 0 Å². The van der Waals surface area contributed by atoms with Gasteiger partial charge in [0.1, 0.15) is 6.23 Å². The fraction of sp³-hybridized carbons (Fsp3) is 0.444. The first-order valence-electron chi connectivity index (χ1n) is 8.48. The number of hydrogen-bond acceptors (Lipinski definition) is 5. The smallest absolute Gasteiger partial charge is 0.226 e. The van der Waals surface area contributed by atoms with E-state index in [-0.39, 0.29) is 0 Å². The lowest BCUT2D eigenvalue weighted by atomic mass is 10.1. The molecule has 1 atom stereocenters. The van der Waals surface area contributed by atoms with Gasteiger partial charge < -0.3 is 14.6 Å². The summed E-state index contributed by atoms with van der Waals surface area (Å²) in [6.07, 6.45) is -0.0343. The molecule has 7 heteroatoms. The average Bonchev–Trinajstić information content (AvgIpc) is 3.17. The van der Waals surface area contributed by atoms with Gasteiger partial charge >= 0.3 is 0 Å². The Balaban J connectivity index is 1.75. The minimum absolute atomic E-state index is 0.412. The minimum Gasteiger partial charge on any atom is -0.373 e. The Kier molecular flexibility index (Phi) is 5.42. The largest absolute Gasteiger partial charge is 0.373 e. The molecule has 0 amide bonds. The van der Waals surface area contributed by atoms with E-state index in [1.807, 2.05) is 36.1 Å². The molecule has 2 aromatic heterocycles. The summed E-state index contributed by atoms with van der Waals surface area (Å²) in [6, 6.07) is 7.51. The molecule has 2 heterocycles. The second-order valence-corrected chi connectivity index (χ2v) is 7.03. The van der Waals surface area contributed by atoms with Crippen molar-refractivity contribution in [1.29, 1.82) is 0 Å². The lowest BCUT2D eigenvalue weighted by Crippen LogP contribution is -2.28. The van der Waals surface area contributed by atoms with E-state index in [0.29, 0.717) is 41.4 Å². The molecule has 134 valence electrons. The molecule has 0 aliphatic carbocycles. The molecule has 0 aliphatic heterocycles.